The first kappa shape index (κ1) is 24.1. The third-order valence-electron chi connectivity index (χ3n) is 7.94. The Morgan fingerprint density at radius 3 is 2.60 bits per heavy atom. The Morgan fingerprint density at radius 2 is 1.86 bits per heavy atom. The molecule has 188 valence electrons. The number of carboxylic acids is 2. The number of piperidine rings is 1. The molecule has 3 fully saturated rings. The Labute approximate surface area is 208 Å². The van der Waals surface area contributed by atoms with Gasteiger partial charge in [0.2, 0.25) is 0 Å². The van der Waals surface area contributed by atoms with Gasteiger partial charge in [-0.3, -0.25) is 14.5 Å². The van der Waals surface area contributed by atoms with Crippen molar-refractivity contribution in [1.29, 1.82) is 0 Å². The molecule has 2 saturated heterocycles. The summed E-state index contributed by atoms with van der Waals surface area (Å²) in [5.41, 5.74) is 1.03. The molecule has 5 rings (SSSR count). The van der Waals surface area contributed by atoms with Gasteiger partial charge in [-0.05, 0) is 79.3 Å². The summed E-state index contributed by atoms with van der Waals surface area (Å²) in [5.74, 6) is 0.251. The van der Waals surface area contributed by atoms with E-state index >= 15 is 0 Å². The van der Waals surface area contributed by atoms with Crippen LogP contribution in [0.5, 0.6) is 0 Å². The number of tetrazole rings is 1. The highest BCUT2D eigenvalue weighted by Gasteiger charge is 2.42. The van der Waals surface area contributed by atoms with Gasteiger partial charge in [-0.2, -0.15) is 4.80 Å². The molecule has 0 radical (unpaired) electrons. The number of aromatic nitrogens is 4. The van der Waals surface area contributed by atoms with Gasteiger partial charge in [0.1, 0.15) is 12.1 Å². The van der Waals surface area contributed by atoms with E-state index in [0.717, 1.165) is 31.4 Å². The topological polar surface area (TPSA) is 133 Å². The molecule has 3 heterocycles. The molecule has 3 N–H and O–H groups in total. The maximum atomic E-state index is 12.1. The van der Waals surface area contributed by atoms with Crippen molar-refractivity contribution in [3.63, 3.8) is 0 Å². The molecule has 1 aliphatic carbocycles. The second-order valence-electron chi connectivity index (χ2n) is 10.3. The molecule has 1 saturated carbocycles. The fourth-order valence-corrected chi connectivity index (χ4v) is 6.24. The third-order valence-corrected chi connectivity index (χ3v) is 8.19. The van der Waals surface area contributed by atoms with E-state index in [-0.39, 0.29) is 6.04 Å². The average Bonchev–Trinajstić information content (AvgIpc) is 3.47. The van der Waals surface area contributed by atoms with Crippen molar-refractivity contribution in [2.45, 2.75) is 56.7 Å². The van der Waals surface area contributed by atoms with Crippen molar-refractivity contribution in [2.24, 2.45) is 17.8 Å². The van der Waals surface area contributed by atoms with Crippen LogP contribution >= 0.6 is 11.6 Å². The van der Waals surface area contributed by atoms with Gasteiger partial charge in [0.05, 0.1) is 6.04 Å². The first-order valence-corrected chi connectivity index (χ1v) is 12.7. The van der Waals surface area contributed by atoms with E-state index in [1.807, 2.05) is 24.3 Å². The third kappa shape index (κ3) is 5.49. The summed E-state index contributed by atoms with van der Waals surface area (Å²) in [7, 11) is 0. The number of fused-ring (bicyclic) bond motifs is 1. The molecule has 3 aliphatic rings. The highest BCUT2D eigenvalue weighted by atomic mass is 35.5. The lowest BCUT2D eigenvalue weighted by atomic mass is 9.69. The number of hydrogen-bond acceptors (Lipinski definition) is 7. The zero-order valence-corrected chi connectivity index (χ0v) is 20.2. The summed E-state index contributed by atoms with van der Waals surface area (Å²) >= 11 is 5.95. The van der Waals surface area contributed by atoms with Gasteiger partial charge in [0, 0.05) is 24.5 Å². The lowest BCUT2D eigenvalue weighted by Crippen LogP contribution is -2.50. The average molecular weight is 503 g/mol. The molecule has 0 amide bonds. The van der Waals surface area contributed by atoms with Crippen LogP contribution in [0.3, 0.4) is 0 Å². The van der Waals surface area contributed by atoms with Crippen LogP contribution in [0.25, 0.3) is 0 Å². The zero-order valence-electron chi connectivity index (χ0n) is 19.5. The van der Waals surface area contributed by atoms with Crippen LogP contribution in [0.4, 0.5) is 0 Å². The molecular weight excluding hydrogens is 472 g/mol. The smallest absolute Gasteiger partial charge is 0.321 e. The highest BCUT2D eigenvalue weighted by Crippen LogP contribution is 2.40. The van der Waals surface area contributed by atoms with Crippen LogP contribution in [-0.4, -0.2) is 79.0 Å². The van der Waals surface area contributed by atoms with E-state index in [1.165, 1.54) is 0 Å². The molecule has 1 aromatic carbocycles. The predicted octanol–water partition coefficient (Wildman–Crippen LogP) is 2.10. The van der Waals surface area contributed by atoms with Gasteiger partial charge < -0.3 is 15.5 Å². The monoisotopic (exact) mass is 502 g/mol. The molecular formula is C24H31ClN6O4. The minimum absolute atomic E-state index is 0.144. The van der Waals surface area contributed by atoms with Crippen LogP contribution in [0.1, 0.15) is 49.5 Å². The number of nitrogens with zero attached hydrogens (tertiary/aromatic N) is 5. The standard InChI is InChI=1S/C24H31ClN6O4/c25-18-5-2-14(3-6-18)8-22-27-29-31(28-22)19-10-21(24(34)35)30(13-19)12-15-1-4-16-11-26-20(23(32)33)9-17(16)7-15/h2-3,5-6,15-17,19-21,26H,1,4,7-13H2,(H,32,33)(H,34,35)/t15?,16-,17?,19-,20?,21-/m0/s1. The fraction of sp³-hybridized carbons (Fsp3) is 0.625. The summed E-state index contributed by atoms with van der Waals surface area (Å²) in [6.45, 7) is 2.03. The molecule has 11 heteroatoms. The Hall–Kier alpha value is -2.56. The van der Waals surface area contributed by atoms with Gasteiger partial charge in [0.15, 0.2) is 5.82 Å². The molecule has 6 atom stereocenters. The van der Waals surface area contributed by atoms with E-state index < -0.39 is 24.0 Å². The summed E-state index contributed by atoms with van der Waals surface area (Å²) in [4.78, 5) is 27.1. The van der Waals surface area contributed by atoms with E-state index in [2.05, 4.69) is 25.6 Å². The van der Waals surface area contributed by atoms with Gasteiger partial charge in [-0.1, -0.05) is 23.7 Å². The predicted molar refractivity (Wildman–Crippen MR) is 127 cm³/mol. The summed E-state index contributed by atoms with van der Waals surface area (Å²) in [6, 6.07) is 6.31. The molecule has 2 aliphatic heterocycles. The molecule has 3 unspecified atom stereocenters. The Kier molecular flexibility index (Phi) is 7.04. The normalized spacial score (nSPS) is 31.2. The summed E-state index contributed by atoms with van der Waals surface area (Å²) < 4.78 is 0. The Bertz CT molecular complexity index is 1060. The van der Waals surface area contributed by atoms with E-state index in [4.69, 9.17) is 11.6 Å². The van der Waals surface area contributed by atoms with Gasteiger partial charge >= 0.3 is 11.9 Å². The molecule has 2 aromatic rings. The van der Waals surface area contributed by atoms with Crippen LogP contribution in [0.2, 0.25) is 5.02 Å². The van der Waals surface area contributed by atoms with Gasteiger partial charge in [-0.25, -0.2) is 0 Å². The largest absolute Gasteiger partial charge is 0.480 e. The first-order chi connectivity index (χ1) is 16.9. The van der Waals surface area contributed by atoms with Crippen molar-refractivity contribution in [1.82, 2.24) is 30.4 Å². The zero-order chi connectivity index (χ0) is 24.5. The van der Waals surface area contributed by atoms with Crippen molar-refractivity contribution >= 4 is 23.5 Å². The van der Waals surface area contributed by atoms with Crippen LogP contribution in [0, 0.1) is 17.8 Å². The number of rotatable bonds is 7. The lowest BCUT2D eigenvalue weighted by Gasteiger charge is -2.42. The van der Waals surface area contributed by atoms with Crippen molar-refractivity contribution in [3.8, 4) is 0 Å². The van der Waals surface area contributed by atoms with E-state index in [9.17, 15) is 19.8 Å². The van der Waals surface area contributed by atoms with E-state index in [0.29, 0.717) is 61.0 Å². The van der Waals surface area contributed by atoms with E-state index in [1.54, 1.807) is 4.80 Å². The number of halogens is 1. The van der Waals surface area contributed by atoms with Crippen LogP contribution in [-0.2, 0) is 16.0 Å². The molecule has 0 spiro atoms. The second-order valence-corrected chi connectivity index (χ2v) is 10.7. The van der Waals surface area contributed by atoms with Crippen LogP contribution < -0.4 is 5.32 Å². The van der Waals surface area contributed by atoms with Gasteiger partial charge in [-0.15, -0.1) is 10.2 Å². The SMILES string of the molecule is O=C(O)C1CC2CC(CN3C[C@@H](n4nnc(Cc5ccc(Cl)cc5)n4)C[C@H]3C(=O)O)CC[C@H]2CN1. The minimum Gasteiger partial charge on any atom is -0.480 e. The number of carboxylic acid groups (broad SMARTS) is 2. The number of carbonyl (C=O) groups is 2. The van der Waals surface area contributed by atoms with Crippen molar-refractivity contribution in [2.75, 3.05) is 19.6 Å². The maximum Gasteiger partial charge on any atom is 0.321 e. The Morgan fingerprint density at radius 1 is 1.06 bits per heavy atom. The second kappa shape index (κ2) is 10.2. The fourth-order valence-electron chi connectivity index (χ4n) is 6.12. The summed E-state index contributed by atoms with van der Waals surface area (Å²) in [5, 5.41) is 36.1. The summed E-state index contributed by atoms with van der Waals surface area (Å²) in [6.07, 6.45) is 4.68. The molecule has 0 bridgehead atoms. The maximum absolute atomic E-state index is 12.1. The number of aliphatic carboxylic acids is 2. The Balaban J connectivity index is 1.21. The van der Waals surface area contributed by atoms with Crippen molar-refractivity contribution < 1.29 is 19.8 Å². The molecule has 35 heavy (non-hydrogen) atoms. The quantitative estimate of drug-likeness (QED) is 0.520. The molecule has 1 aromatic heterocycles. The lowest BCUT2D eigenvalue weighted by molar-refractivity contribution is -0.143. The highest BCUT2D eigenvalue weighted by molar-refractivity contribution is 6.30. The number of nitrogens with one attached hydrogen (secondary N) is 1. The van der Waals surface area contributed by atoms with Crippen molar-refractivity contribution in [3.05, 3.63) is 40.7 Å². The minimum atomic E-state index is -0.824. The number of benzene rings is 1. The van der Waals surface area contributed by atoms with Gasteiger partial charge in [0.25, 0.3) is 0 Å². The number of likely N-dealkylation sites (tertiary alicyclic amines) is 1. The first-order valence-electron chi connectivity index (χ1n) is 12.3. The number of hydrogen-bond donors (Lipinski definition) is 3. The van der Waals surface area contributed by atoms with Crippen LogP contribution in [0.15, 0.2) is 24.3 Å². The molecule has 10 nitrogen and oxygen atoms in total.